The molecule has 0 aromatic heterocycles. The summed E-state index contributed by atoms with van der Waals surface area (Å²) in [7, 11) is 1.34. The number of anilines is 1. The molecule has 1 aliphatic rings. The van der Waals surface area contributed by atoms with Crippen LogP contribution in [0.3, 0.4) is 0 Å². The van der Waals surface area contributed by atoms with E-state index in [0.717, 1.165) is 0 Å². The Balaban J connectivity index is 2.06. The lowest BCUT2D eigenvalue weighted by molar-refractivity contribution is -0.114. The summed E-state index contributed by atoms with van der Waals surface area (Å²) < 4.78 is 73.0. The maximum Gasteiger partial charge on any atom is 0.280 e. The summed E-state index contributed by atoms with van der Waals surface area (Å²) in [6.45, 7) is 1.32. The van der Waals surface area contributed by atoms with Gasteiger partial charge in [0.25, 0.3) is 5.91 Å². The molecule has 1 heterocycles. The Hall–Kier alpha value is -3.43. The van der Waals surface area contributed by atoms with Crippen LogP contribution in [-0.4, -0.2) is 23.8 Å². The molecule has 10 heteroatoms. The van der Waals surface area contributed by atoms with E-state index in [0.29, 0.717) is 5.56 Å². The fourth-order valence-corrected chi connectivity index (χ4v) is 2.58. The van der Waals surface area contributed by atoms with Gasteiger partial charge < -0.3 is 9.84 Å². The number of phenols is 1. The van der Waals surface area contributed by atoms with Crippen molar-refractivity contribution in [3.8, 4) is 11.5 Å². The van der Waals surface area contributed by atoms with Crippen LogP contribution >= 0.6 is 0 Å². The van der Waals surface area contributed by atoms with Gasteiger partial charge >= 0.3 is 0 Å². The van der Waals surface area contributed by atoms with Gasteiger partial charge in [-0.25, -0.2) is 22.0 Å². The molecule has 1 N–H and O–H groups in total. The minimum Gasteiger partial charge on any atom is -0.504 e. The van der Waals surface area contributed by atoms with Crippen molar-refractivity contribution < 1.29 is 36.6 Å². The fourth-order valence-electron chi connectivity index (χ4n) is 2.58. The Kier molecular flexibility index (Phi) is 4.80. The van der Waals surface area contributed by atoms with Crippen molar-refractivity contribution in [2.45, 2.75) is 6.92 Å². The topological polar surface area (TPSA) is 62.1 Å². The lowest BCUT2D eigenvalue weighted by Crippen LogP contribution is -2.25. The summed E-state index contributed by atoms with van der Waals surface area (Å²) in [6, 6.07) is 4.15. The van der Waals surface area contributed by atoms with Gasteiger partial charge in [0.2, 0.25) is 5.82 Å². The molecule has 146 valence electrons. The van der Waals surface area contributed by atoms with E-state index in [1.807, 2.05) is 0 Å². The van der Waals surface area contributed by atoms with Gasteiger partial charge in [0.05, 0.1) is 18.4 Å². The third kappa shape index (κ3) is 2.96. The third-order valence-electron chi connectivity index (χ3n) is 3.97. The number of halogens is 5. The Morgan fingerprint density at radius 1 is 1.04 bits per heavy atom. The minimum absolute atomic E-state index is 0.0238. The highest BCUT2D eigenvalue weighted by Gasteiger charge is 2.37. The summed E-state index contributed by atoms with van der Waals surface area (Å²) in [5.74, 6) is -12.2. The lowest BCUT2D eigenvalue weighted by atomic mass is 10.1. The van der Waals surface area contributed by atoms with Gasteiger partial charge in [-0.15, -0.1) is 0 Å². The van der Waals surface area contributed by atoms with E-state index in [-0.39, 0.29) is 27.8 Å². The van der Waals surface area contributed by atoms with E-state index in [1.54, 1.807) is 0 Å². The zero-order valence-corrected chi connectivity index (χ0v) is 14.4. The van der Waals surface area contributed by atoms with Crippen LogP contribution in [0.2, 0.25) is 0 Å². The molecule has 2 aromatic carbocycles. The van der Waals surface area contributed by atoms with E-state index in [4.69, 9.17) is 4.74 Å². The largest absolute Gasteiger partial charge is 0.504 e. The molecule has 2 aromatic rings. The van der Waals surface area contributed by atoms with Gasteiger partial charge in [-0.3, -0.25) is 4.79 Å². The Morgan fingerprint density at radius 2 is 1.61 bits per heavy atom. The molecule has 0 atom stereocenters. The second-order valence-electron chi connectivity index (χ2n) is 5.71. The van der Waals surface area contributed by atoms with Crippen molar-refractivity contribution in [1.29, 1.82) is 0 Å². The maximum absolute atomic E-state index is 14.0. The van der Waals surface area contributed by atoms with Gasteiger partial charge in [0.15, 0.2) is 34.8 Å². The molecule has 0 fully saturated rings. The number of hydrogen-bond acceptors (Lipinski definition) is 4. The van der Waals surface area contributed by atoms with Crippen LogP contribution in [0.1, 0.15) is 12.5 Å². The Labute approximate surface area is 155 Å². The van der Waals surface area contributed by atoms with Crippen LogP contribution in [-0.2, 0) is 4.79 Å². The summed E-state index contributed by atoms with van der Waals surface area (Å²) in [5, 5.41) is 13.5. The van der Waals surface area contributed by atoms with E-state index in [2.05, 4.69) is 5.10 Å². The number of carbonyl (C=O) groups excluding carboxylic acids is 1. The van der Waals surface area contributed by atoms with Crippen molar-refractivity contribution in [2.24, 2.45) is 5.10 Å². The highest BCUT2D eigenvalue weighted by molar-refractivity contribution is 6.32. The van der Waals surface area contributed by atoms with Crippen LogP contribution in [0.15, 0.2) is 28.9 Å². The predicted octanol–water partition coefficient (Wildman–Crippen LogP) is 3.90. The first kappa shape index (κ1) is 19.3. The molecule has 1 amide bonds. The molecule has 0 saturated carbocycles. The molecule has 0 spiro atoms. The molecule has 0 aliphatic carbocycles. The maximum atomic E-state index is 14.0. The highest BCUT2D eigenvalue weighted by Crippen LogP contribution is 2.34. The van der Waals surface area contributed by atoms with Crippen LogP contribution in [0.5, 0.6) is 11.5 Å². The number of aromatic hydroxyl groups is 1. The Bertz CT molecular complexity index is 1040. The number of nitrogens with zero attached hydrogens (tertiary/aromatic N) is 2. The SMILES string of the molecule is COc1ccc(/C=C2\C(=O)N(c3c(F)c(F)c(F)c(F)c3F)N=C2C)cc1O. The monoisotopic (exact) mass is 398 g/mol. The number of methoxy groups -OCH3 is 1. The van der Waals surface area contributed by atoms with Gasteiger partial charge in [-0.2, -0.15) is 10.1 Å². The molecule has 1 aliphatic heterocycles. The first-order valence-corrected chi connectivity index (χ1v) is 7.67. The number of ether oxygens (including phenoxy) is 1. The van der Waals surface area contributed by atoms with Crippen molar-refractivity contribution in [3.63, 3.8) is 0 Å². The quantitative estimate of drug-likeness (QED) is 0.369. The zero-order valence-electron chi connectivity index (χ0n) is 14.4. The normalized spacial score (nSPS) is 15.4. The molecule has 0 saturated heterocycles. The first-order chi connectivity index (χ1) is 13.2. The number of hydrogen-bond donors (Lipinski definition) is 1. The second kappa shape index (κ2) is 6.95. The van der Waals surface area contributed by atoms with Gasteiger partial charge in [0.1, 0.15) is 5.69 Å². The molecule has 0 radical (unpaired) electrons. The van der Waals surface area contributed by atoms with E-state index in [9.17, 15) is 31.9 Å². The lowest BCUT2D eigenvalue weighted by Gasteiger charge is -2.15. The zero-order chi connectivity index (χ0) is 20.7. The molecule has 0 bridgehead atoms. The smallest absolute Gasteiger partial charge is 0.280 e. The van der Waals surface area contributed by atoms with Gasteiger partial charge in [0, 0.05) is 0 Å². The number of rotatable bonds is 3. The second-order valence-corrected chi connectivity index (χ2v) is 5.71. The van der Waals surface area contributed by atoms with E-state index in [1.165, 1.54) is 38.3 Å². The van der Waals surface area contributed by atoms with Crippen LogP contribution in [0, 0.1) is 29.1 Å². The van der Waals surface area contributed by atoms with E-state index >= 15 is 0 Å². The molecular formula is C18H11F5N2O3. The molecule has 5 nitrogen and oxygen atoms in total. The highest BCUT2D eigenvalue weighted by atomic mass is 19.2. The first-order valence-electron chi connectivity index (χ1n) is 7.67. The average molecular weight is 398 g/mol. The third-order valence-corrected chi connectivity index (χ3v) is 3.97. The van der Waals surface area contributed by atoms with Crippen molar-refractivity contribution >= 4 is 23.4 Å². The van der Waals surface area contributed by atoms with Gasteiger partial charge in [-0.1, -0.05) is 6.07 Å². The number of carbonyl (C=O) groups is 1. The number of phenolic OH excluding ortho intramolecular Hbond substituents is 1. The average Bonchev–Trinajstić information content (AvgIpc) is 2.93. The molecular weight excluding hydrogens is 387 g/mol. The molecule has 3 rings (SSSR count). The van der Waals surface area contributed by atoms with Gasteiger partial charge in [-0.05, 0) is 30.7 Å². The predicted molar refractivity (Wildman–Crippen MR) is 89.5 cm³/mol. The summed E-state index contributed by atoms with van der Waals surface area (Å²) in [5.41, 5.74) is -1.34. The molecule has 28 heavy (non-hydrogen) atoms. The van der Waals surface area contributed by atoms with E-state index < -0.39 is 40.7 Å². The van der Waals surface area contributed by atoms with Crippen molar-refractivity contribution in [2.75, 3.05) is 12.1 Å². The van der Waals surface area contributed by atoms with Crippen LogP contribution < -0.4 is 9.75 Å². The summed E-state index contributed by atoms with van der Waals surface area (Å²) in [6.07, 6.45) is 1.24. The van der Waals surface area contributed by atoms with Crippen molar-refractivity contribution in [1.82, 2.24) is 0 Å². The number of hydrazone groups is 1. The molecule has 0 unspecified atom stereocenters. The summed E-state index contributed by atoms with van der Waals surface area (Å²) >= 11 is 0. The summed E-state index contributed by atoms with van der Waals surface area (Å²) in [4.78, 5) is 12.5. The standard InChI is InChI=1S/C18H11F5N2O3/c1-7-9(5-8-3-4-11(28-2)10(26)6-8)18(27)25(24-7)17-15(22)13(20)12(19)14(21)16(17)23/h3-6,26H,1-2H3/b9-5-. The van der Waals surface area contributed by atoms with Crippen LogP contribution in [0.25, 0.3) is 6.08 Å². The minimum atomic E-state index is -2.34. The number of amides is 1. The van der Waals surface area contributed by atoms with Crippen molar-refractivity contribution in [3.05, 3.63) is 58.4 Å². The number of benzene rings is 2. The Morgan fingerprint density at radius 3 is 2.14 bits per heavy atom. The fraction of sp³-hybridized carbons (Fsp3) is 0.111. The van der Waals surface area contributed by atoms with Crippen LogP contribution in [0.4, 0.5) is 27.6 Å².